The number of nitrogens with zero attached hydrogens (tertiary/aromatic N) is 1. The quantitative estimate of drug-likeness (QED) is 0.573. The van der Waals surface area contributed by atoms with Gasteiger partial charge in [-0.1, -0.05) is 32.8 Å². The zero-order valence-corrected chi connectivity index (χ0v) is 17.4. The van der Waals surface area contributed by atoms with Gasteiger partial charge in [-0.3, -0.25) is 0 Å². The van der Waals surface area contributed by atoms with E-state index in [-0.39, 0.29) is 6.61 Å². The zero-order valence-electron chi connectivity index (χ0n) is 17.4. The van der Waals surface area contributed by atoms with Crippen LogP contribution in [-0.4, -0.2) is 43.5 Å². The van der Waals surface area contributed by atoms with E-state index in [0.29, 0.717) is 11.8 Å². The van der Waals surface area contributed by atoms with Crippen LogP contribution in [0.4, 0.5) is 11.4 Å². The first kappa shape index (κ1) is 22.1. The summed E-state index contributed by atoms with van der Waals surface area (Å²) in [7, 11) is 1.46. The third kappa shape index (κ3) is 6.16. The first-order valence-corrected chi connectivity index (χ1v) is 10.2. The number of ether oxygens (including phenoxy) is 2. The summed E-state index contributed by atoms with van der Waals surface area (Å²) in [6.45, 7) is 9.05. The summed E-state index contributed by atoms with van der Waals surface area (Å²) in [5.74, 6) is -0.549. The van der Waals surface area contributed by atoms with E-state index in [4.69, 9.17) is 9.47 Å². The molecule has 28 heavy (non-hydrogen) atoms. The Morgan fingerprint density at radius 1 is 1.36 bits per heavy atom. The molecule has 2 rings (SSSR count). The maximum Gasteiger partial charge on any atom is 0.347 e. The Hall–Kier alpha value is -2.21. The fourth-order valence-electron chi connectivity index (χ4n) is 3.77. The van der Waals surface area contributed by atoms with Crippen LogP contribution >= 0.6 is 0 Å². The van der Waals surface area contributed by atoms with Gasteiger partial charge in [0.2, 0.25) is 6.10 Å². The van der Waals surface area contributed by atoms with Crippen LogP contribution in [0.5, 0.6) is 5.75 Å². The SMILES string of the molecule is C=C(C)Nc1cc(OC(COC)C(=O)O)ccc1N(CCC)C1CCCCC1. The minimum Gasteiger partial charge on any atom is -0.478 e. The van der Waals surface area contributed by atoms with Crippen molar-refractivity contribution in [3.05, 3.63) is 30.5 Å². The van der Waals surface area contributed by atoms with Crippen LogP contribution in [0.15, 0.2) is 30.5 Å². The van der Waals surface area contributed by atoms with Crippen molar-refractivity contribution >= 4 is 17.3 Å². The van der Waals surface area contributed by atoms with E-state index >= 15 is 0 Å². The average molecular weight is 391 g/mol. The molecule has 1 aliphatic rings. The van der Waals surface area contributed by atoms with Crippen molar-refractivity contribution in [2.75, 3.05) is 30.5 Å². The van der Waals surface area contributed by atoms with E-state index in [2.05, 4.69) is 23.7 Å². The maximum absolute atomic E-state index is 11.4. The summed E-state index contributed by atoms with van der Waals surface area (Å²) in [5.41, 5.74) is 2.83. The van der Waals surface area contributed by atoms with E-state index in [1.165, 1.54) is 39.2 Å². The van der Waals surface area contributed by atoms with Crippen LogP contribution in [-0.2, 0) is 9.53 Å². The first-order chi connectivity index (χ1) is 13.5. The molecule has 156 valence electrons. The molecule has 0 heterocycles. The summed E-state index contributed by atoms with van der Waals surface area (Å²) in [6.07, 6.45) is 6.30. The number of carboxylic acids is 1. The standard InChI is InChI=1S/C22H34N2O4/c1-5-13-24(17-9-7-6-8-10-17)20-12-11-18(14-19(20)23-16(2)3)28-21(15-27-4)22(25)26/h11-12,14,17,21,23H,2,5-10,13,15H2,1,3-4H3,(H,25,26). The Bertz CT molecular complexity index is 656. The van der Waals surface area contributed by atoms with Crippen LogP contribution in [0.1, 0.15) is 52.4 Å². The molecule has 0 bridgehead atoms. The molecule has 2 N–H and O–H groups in total. The molecule has 0 aliphatic heterocycles. The molecule has 1 unspecified atom stereocenters. The van der Waals surface area contributed by atoms with E-state index < -0.39 is 12.1 Å². The highest BCUT2D eigenvalue weighted by molar-refractivity contribution is 5.75. The monoisotopic (exact) mass is 390 g/mol. The van der Waals surface area contributed by atoms with Crippen molar-refractivity contribution in [1.29, 1.82) is 0 Å². The Morgan fingerprint density at radius 2 is 2.07 bits per heavy atom. The summed E-state index contributed by atoms with van der Waals surface area (Å²) in [4.78, 5) is 13.9. The van der Waals surface area contributed by atoms with Crippen LogP contribution in [0.2, 0.25) is 0 Å². The van der Waals surface area contributed by atoms with Gasteiger partial charge in [-0.05, 0) is 38.3 Å². The number of aliphatic carboxylic acids is 1. The molecule has 1 aliphatic carbocycles. The average Bonchev–Trinajstić information content (AvgIpc) is 2.66. The first-order valence-electron chi connectivity index (χ1n) is 10.2. The molecule has 1 atom stereocenters. The fourth-order valence-corrected chi connectivity index (χ4v) is 3.77. The van der Waals surface area contributed by atoms with Crippen molar-refractivity contribution in [1.82, 2.24) is 0 Å². The number of rotatable bonds is 11. The predicted octanol–water partition coefficient (Wildman–Crippen LogP) is 4.66. The third-order valence-electron chi connectivity index (χ3n) is 4.98. The largest absolute Gasteiger partial charge is 0.478 e. The van der Waals surface area contributed by atoms with Crippen molar-refractivity contribution in [2.45, 2.75) is 64.5 Å². The second-order valence-electron chi connectivity index (χ2n) is 7.47. The number of hydrogen-bond donors (Lipinski definition) is 2. The molecule has 0 spiro atoms. The van der Waals surface area contributed by atoms with Gasteiger partial charge in [-0.2, -0.15) is 0 Å². The van der Waals surface area contributed by atoms with Gasteiger partial charge in [0.15, 0.2) is 0 Å². The normalized spacial score (nSPS) is 15.7. The molecule has 0 radical (unpaired) electrons. The number of carbonyl (C=O) groups is 1. The number of carboxylic acid groups (broad SMARTS) is 1. The molecule has 1 fully saturated rings. The highest BCUT2D eigenvalue weighted by Crippen LogP contribution is 2.36. The van der Waals surface area contributed by atoms with Crippen molar-refractivity contribution in [3.8, 4) is 5.75 Å². The maximum atomic E-state index is 11.4. The number of hydrogen-bond acceptors (Lipinski definition) is 5. The van der Waals surface area contributed by atoms with Crippen LogP contribution in [0, 0.1) is 0 Å². The molecule has 0 aromatic heterocycles. The molecule has 1 saturated carbocycles. The minimum atomic E-state index is -1.05. The van der Waals surface area contributed by atoms with Gasteiger partial charge < -0.3 is 24.8 Å². The molecule has 1 aromatic carbocycles. The van der Waals surface area contributed by atoms with Gasteiger partial charge in [-0.25, -0.2) is 4.79 Å². The van der Waals surface area contributed by atoms with Crippen molar-refractivity contribution < 1.29 is 19.4 Å². The van der Waals surface area contributed by atoms with E-state index in [1.54, 1.807) is 0 Å². The lowest BCUT2D eigenvalue weighted by Crippen LogP contribution is -2.38. The highest BCUT2D eigenvalue weighted by atomic mass is 16.5. The summed E-state index contributed by atoms with van der Waals surface area (Å²) >= 11 is 0. The molecule has 6 heteroatoms. The molecule has 0 saturated heterocycles. The van der Waals surface area contributed by atoms with E-state index in [1.807, 2.05) is 25.1 Å². The Labute approximate surface area is 168 Å². The Morgan fingerprint density at radius 3 is 2.64 bits per heavy atom. The molecule has 1 aromatic rings. The Balaban J connectivity index is 2.33. The smallest absolute Gasteiger partial charge is 0.347 e. The van der Waals surface area contributed by atoms with Crippen LogP contribution < -0.4 is 15.0 Å². The summed E-state index contributed by atoms with van der Waals surface area (Å²) in [6, 6.07) is 6.26. The van der Waals surface area contributed by atoms with Crippen molar-refractivity contribution in [2.24, 2.45) is 0 Å². The van der Waals surface area contributed by atoms with E-state index in [9.17, 15) is 9.90 Å². The van der Waals surface area contributed by atoms with Crippen LogP contribution in [0.3, 0.4) is 0 Å². The fraction of sp³-hybridized carbons (Fsp3) is 0.591. The van der Waals surface area contributed by atoms with Crippen molar-refractivity contribution in [3.63, 3.8) is 0 Å². The van der Waals surface area contributed by atoms with Gasteiger partial charge in [0.05, 0.1) is 18.0 Å². The van der Waals surface area contributed by atoms with Gasteiger partial charge >= 0.3 is 5.97 Å². The lowest BCUT2D eigenvalue weighted by atomic mass is 9.93. The van der Waals surface area contributed by atoms with E-state index in [0.717, 1.165) is 30.0 Å². The molecule has 6 nitrogen and oxygen atoms in total. The number of methoxy groups -OCH3 is 1. The second-order valence-corrected chi connectivity index (χ2v) is 7.47. The summed E-state index contributed by atoms with van der Waals surface area (Å²) < 4.78 is 10.6. The number of nitrogens with one attached hydrogen (secondary N) is 1. The van der Waals surface area contributed by atoms with Gasteiger partial charge in [0.25, 0.3) is 0 Å². The topological polar surface area (TPSA) is 71.0 Å². The highest BCUT2D eigenvalue weighted by Gasteiger charge is 2.24. The van der Waals surface area contributed by atoms with Gasteiger partial charge in [0, 0.05) is 31.5 Å². The lowest BCUT2D eigenvalue weighted by molar-refractivity contribution is -0.147. The number of allylic oxidation sites excluding steroid dienone is 1. The third-order valence-corrected chi connectivity index (χ3v) is 4.98. The summed E-state index contributed by atoms with van der Waals surface area (Å²) in [5, 5.41) is 12.7. The molecule has 0 amide bonds. The van der Waals surface area contributed by atoms with Crippen LogP contribution in [0.25, 0.3) is 0 Å². The van der Waals surface area contributed by atoms with Gasteiger partial charge in [0.1, 0.15) is 5.75 Å². The molecular formula is C22H34N2O4. The Kier molecular flexibility index (Phi) is 8.64. The minimum absolute atomic E-state index is 0.00956. The zero-order chi connectivity index (χ0) is 20.5. The number of anilines is 2. The second kappa shape index (κ2) is 11.0. The van der Waals surface area contributed by atoms with Gasteiger partial charge in [-0.15, -0.1) is 0 Å². The number of benzene rings is 1. The predicted molar refractivity (Wildman–Crippen MR) is 113 cm³/mol. The molecular weight excluding hydrogens is 356 g/mol. The lowest BCUT2D eigenvalue weighted by Gasteiger charge is -2.37.